The minimum atomic E-state index is -3.78. The zero-order valence-electron chi connectivity index (χ0n) is 18.4. The third kappa shape index (κ3) is 4.85. The molecule has 1 fully saturated rings. The molecule has 2 aromatic rings. The summed E-state index contributed by atoms with van der Waals surface area (Å²) in [6.45, 7) is 4.18. The third-order valence-electron chi connectivity index (χ3n) is 6.06. The molecule has 0 saturated carbocycles. The maximum absolute atomic E-state index is 13.2. The SMILES string of the molecule is CCC1Oc2ccc(S(=O)(=O)N3CCC(C(=O)Nc4cc(Cl)ccc4C)CC3)cc2NC1=O. The van der Waals surface area contributed by atoms with Gasteiger partial charge in [0.15, 0.2) is 6.10 Å². The number of carbonyl (C=O) groups is 2. The van der Waals surface area contributed by atoms with Gasteiger partial charge in [-0.2, -0.15) is 4.31 Å². The van der Waals surface area contributed by atoms with Gasteiger partial charge in [0.1, 0.15) is 5.75 Å². The normalized spacial score (nSPS) is 19.4. The van der Waals surface area contributed by atoms with Gasteiger partial charge in [-0.05, 0) is 62.1 Å². The van der Waals surface area contributed by atoms with E-state index in [4.69, 9.17) is 16.3 Å². The fraction of sp³-hybridized carbons (Fsp3) is 0.391. The summed E-state index contributed by atoms with van der Waals surface area (Å²) < 4.78 is 33.4. The Kier molecular flexibility index (Phi) is 6.65. The van der Waals surface area contributed by atoms with Crippen molar-refractivity contribution in [2.24, 2.45) is 5.92 Å². The van der Waals surface area contributed by atoms with Crippen molar-refractivity contribution in [3.63, 3.8) is 0 Å². The highest BCUT2D eigenvalue weighted by Crippen LogP contribution is 2.34. The second-order valence-corrected chi connectivity index (χ2v) is 10.7. The number of benzene rings is 2. The lowest BCUT2D eigenvalue weighted by Gasteiger charge is -2.31. The van der Waals surface area contributed by atoms with Crippen LogP contribution in [0.15, 0.2) is 41.3 Å². The molecule has 2 amide bonds. The summed E-state index contributed by atoms with van der Waals surface area (Å²) in [7, 11) is -3.78. The first kappa shape index (κ1) is 23.5. The van der Waals surface area contributed by atoms with Gasteiger partial charge in [0, 0.05) is 29.7 Å². The first-order valence-corrected chi connectivity index (χ1v) is 12.7. The highest BCUT2D eigenvalue weighted by atomic mass is 35.5. The average Bonchev–Trinajstić information content (AvgIpc) is 2.80. The fourth-order valence-corrected chi connectivity index (χ4v) is 5.70. The van der Waals surface area contributed by atoms with E-state index >= 15 is 0 Å². The number of piperidine rings is 1. The van der Waals surface area contributed by atoms with E-state index in [0.717, 1.165) is 5.56 Å². The Morgan fingerprint density at radius 3 is 2.64 bits per heavy atom. The number of amides is 2. The van der Waals surface area contributed by atoms with Gasteiger partial charge in [0.25, 0.3) is 5.91 Å². The Balaban J connectivity index is 1.42. The van der Waals surface area contributed by atoms with Crippen LogP contribution < -0.4 is 15.4 Å². The van der Waals surface area contributed by atoms with Gasteiger partial charge < -0.3 is 15.4 Å². The molecule has 0 radical (unpaired) electrons. The number of halogens is 1. The number of nitrogens with zero attached hydrogens (tertiary/aromatic N) is 1. The number of rotatable bonds is 5. The average molecular weight is 492 g/mol. The molecule has 0 spiro atoms. The van der Waals surface area contributed by atoms with Crippen LogP contribution in [0, 0.1) is 12.8 Å². The Morgan fingerprint density at radius 2 is 1.94 bits per heavy atom. The van der Waals surface area contributed by atoms with Crippen molar-refractivity contribution in [2.45, 2.75) is 44.1 Å². The number of fused-ring (bicyclic) bond motifs is 1. The quantitative estimate of drug-likeness (QED) is 0.662. The Morgan fingerprint density at radius 1 is 1.21 bits per heavy atom. The first-order valence-electron chi connectivity index (χ1n) is 10.9. The van der Waals surface area contributed by atoms with Crippen LogP contribution in [0.3, 0.4) is 0 Å². The lowest BCUT2D eigenvalue weighted by Crippen LogP contribution is -2.41. The van der Waals surface area contributed by atoms with Crippen molar-refractivity contribution < 1.29 is 22.7 Å². The lowest BCUT2D eigenvalue weighted by atomic mass is 9.97. The molecule has 2 aromatic carbocycles. The van der Waals surface area contributed by atoms with Gasteiger partial charge in [0.05, 0.1) is 10.6 Å². The summed E-state index contributed by atoms with van der Waals surface area (Å²) in [5.41, 5.74) is 1.91. The van der Waals surface area contributed by atoms with Crippen LogP contribution in [0.25, 0.3) is 0 Å². The molecular formula is C23H26ClN3O5S. The summed E-state index contributed by atoms with van der Waals surface area (Å²) in [4.78, 5) is 24.9. The van der Waals surface area contributed by atoms with Gasteiger partial charge in [-0.25, -0.2) is 8.42 Å². The van der Waals surface area contributed by atoms with Crippen molar-refractivity contribution in [1.29, 1.82) is 0 Å². The van der Waals surface area contributed by atoms with Gasteiger partial charge in [-0.3, -0.25) is 9.59 Å². The molecule has 0 aliphatic carbocycles. The van der Waals surface area contributed by atoms with E-state index in [9.17, 15) is 18.0 Å². The Hall–Kier alpha value is -2.62. The fourth-order valence-electron chi connectivity index (χ4n) is 4.03. The molecule has 176 valence electrons. The molecule has 2 N–H and O–H groups in total. The Labute approximate surface area is 198 Å². The summed E-state index contributed by atoms with van der Waals surface area (Å²) in [5.74, 6) is -0.276. The second kappa shape index (κ2) is 9.32. The number of anilines is 2. The number of hydrogen-bond donors (Lipinski definition) is 2. The summed E-state index contributed by atoms with van der Waals surface area (Å²) >= 11 is 6.02. The molecule has 1 unspecified atom stereocenters. The van der Waals surface area contributed by atoms with Crippen molar-refractivity contribution in [2.75, 3.05) is 23.7 Å². The molecule has 0 bridgehead atoms. The topological polar surface area (TPSA) is 105 Å². The molecular weight excluding hydrogens is 466 g/mol. The van der Waals surface area contributed by atoms with E-state index in [0.29, 0.717) is 41.4 Å². The minimum absolute atomic E-state index is 0.0811. The largest absolute Gasteiger partial charge is 0.478 e. The molecule has 1 atom stereocenters. The minimum Gasteiger partial charge on any atom is -0.478 e. The monoisotopic (exact) mass is 491 g/mol. The summed E-state index contributed by atoms with van der Waals surface area (Å²) in [6.07, 6.45) is 0.757. The zero-order valence-corrected chi connectivity index (χ0v) is 20.0. The molecule has 33 heavy (non-hydrogen) atoms. The van der Waals surface area contributed by atoms with Gasteiger partial charge >= 0.3 is 0 Å². The highest BCUT2D eigenvalue weighted by Gasteiger charge is 2.34. The van der Waals surface area contributed by atoms with Crippen LogP contribution in [-0.4, -0.2) is 43.7 Å². The van der Waals surface area contributed by atoms with E-state index < -0.39 is 16.1 Å². The van der Waals surface area contributed by atoms with Gasteiger partial charge in [0.2, 0.25) is 15.9 Å². The zero-order chi connectivity index (χ0) is 23.8. The van der Waals surface area contributed by atoms with Crippen molar-refractivity contribution >= 4 is 44.8 Å². The predicted octanol–water partition coefficient (Wildman–Crippen LogP) is 3.80. The van der Waals surface area contributed by atoms with Crippen molar-refractivity contribution in [3.05, 3.63) is 47.0 Å². The number of carbonyl (C=O) groups excluding carboxylic acids is 2. The number of aryl methyl sites for hydroxylation is 1. The smallest absolute Gasteiger partial charge is 0.265 e. The second-order valence-electron chi connectivity index (χ2n) is 8.29. The van der Waals surface area contributed by atoms with E-state index in [1.54, 1.807) is 18.2 Å². The maximum atomic E-state index is 13.2. The maximum Gasteiger partial charge on any atom is 0.265 e. The van der Waals surface area contributed by atoms with E-state index in [1.807, 2.05) is 19.9 Å². The molecule has 4 rings (SSSR count). The van der Waals surface area contributed by atoms with E-state index in [1.165, 1.54) is 16.4 Å². The van der Waals surface area contributed by atoms with Crippen LogP contribution in [0.5, 0.6) is 5.75 Å². The summed E-state index contributed by atoms with van der Waals surface area (Å²) in [6, 6.07) is 9.78. The van der Waals surface area contributed by atoms with E-state index in [-0.39, 0.29) is 35.7 Å². The Bertz CT molecular complexity index is 1190. The number of sulfonamides is 1. The molecule has 10 heteroatoms. The standard InChI is InChI=1S/C23H26ClN3O5S/c1-3-20-23(29)26-19-13-17(6-7-21(19)32-20)33(30,31)27-10-8-15(9-11-27)22(28)25-18-12-16(24)5-4-14(18)2/h4-7,12-13,15,20H,3,8-11H2,1-2H3,(H,25,28)(H,26,29). The van der Waals surface area contributed by atoms with Crippen LogP contribution in [0.1, 0.15) is 31.7 Å². The molecule has 2 aliphatic rings. The van der Waals surface area contributed by atoms with Crippen LogP contribution in [0.4, 0.5) is 11.4 Å². The van der Waals surface area contributed by atoms with Crippen LogP contribution >= 0.6 is 11.6 Å². The van der Waals surface area contributed by atoms with Crippen molar-refractivity contribution in [3.8, 4) is 5.75 Å². The number of nitrogens with one attached hydrogen (secondary N) is 2. The number of ether oxygens (including phenoxy) is 1. The van der Waals surface area contributed by atoms with Crippen molar-refractivity contribution in [1.82, 2.24) is 4.31 Å². The number of hydrogen-bond acceptors (Lipinski definition) is 5. The molecule has 0 aromatic heterocycles. The van der Waals surface area contributed by atoms with Gasteiger partial charge in [-0.1, -0.05) is 24.6 Å². The van der Waals surface area contributed by atoms with Gasteiger partial charge in [-0.15, -0.1) is 0 Å². The predicted molar refractivity (Wildman–Crippen MR) is 126 cm³/mol. The first-order chi connectivity index (χ1) is 15.7. The molecule has 2 aliphatic heterocycles. The molecule has 2 heterocycles. The summed E-state index contributed by atoms with van der Waals surface area (Å²) in [5, 5.41) is 6.16. The lowest BCUT2D eigenvalue weighted by molar-refractivity contribution is -0.123. The third-order valence-corrected chi connectivity index (χ3v) is 8.19. The van der Waals surface area contributed by atoms with E-state index in [2.05, 4.69) is 10.6 Å². The highest BCUT2D eigenvalue weighted by molar-refractivity contribution is 7.89. The molecule has 1 saturated heterocycles. The molecule has 8 nitrogen and oxygen atoms in total. The van der Waals surface area contributed by atoms with Crippen LogP contribution in [0.2, 0.25) is 5.02 Å². The van der Waals surface area contributed by atoms with Crippen LogP contribution in [-0.2, 0) is 19.6 Å².